The summed E-state index contributed by atoms with van der Waals surface area (Å²) >= 11 is 0. The molecule has 0 spiro atoms. The Morgan fingerprint density at radius 3 is 2.39 bits per heavy atom. The van der Waals surface area contributed by atoms with Crippen molar-refractivity contribution < 1.29 is 17.3 Å². The monoisotopic (exact) mass is 616 g/mol. The number of sulfonamides is 1. The number of furan rings is 2. The van der Waals surface area contributed by atoms with Crippen LogP contribution >= 0.6 is 0 Å². The minimum atomic E-state index is -4.14. The van der Waals surface area contributed by atoms with Gasteiger partial charge in [0.1, 0.15) is 27.4 Å². The molecule has 3 aromatic heterocycles. The second kappa shape index (κ2) is 9.16. The summed E-state index contributed by atoms with van der Waals surface area (Å²) in [5.74, 6) is 7.10. The van der Waals surface area contributed by atoms with E-state index in [-0.39, 0.29) is 11.3 Å². The number of benzene rings is 4. The van der Waals surface area contributed by atoms with Crippen LogP contribution in [0, 0.1) is 11.8 Å². The van der Waals surface area contributed by atoms with Crippen molar-refractivity contribution in [3.8, 4) is 17.5 Å². The van der Waals surface area contributed by atoms with Crippen LogP contribution in [0.1, 0.15) is 29.9 Å². The van der Waals surface area contributed by atoms with Gasteiger partial charge in [0, 0.05) is 27.3 Å². The lowest BCUT2D eigenvalue weighted by Crippen LogP contribution is -2.35. The first-order valence-electron chi connectivity index (χ1n) is 15.3. The largest absolute Gasteiger partial charge is 0.456 e. The second-order valence-electron chi connectivity index (χ2n) is 11.8. The van der Waals surface area contributed by atoms with Crippen molar-refractivity contribution in [2.24, 2.45) is 0 Å². The maximum atomic E-state index is 15.3. The molecule has 10 rings (SSSR count). The van der Waals surface area contributed by atoms with Crippen molar-refractivity contribution >= 4 is 71.2 Å². The highest BCUT2D eigenvalue weighted by Crippen LogP contribution is 2.50. The summed E-state index contributed by atoms with van der Waals surface area (Å²) in [6, 6.07) is 27.3. The Morgan fingerprint density at radius 2 is 1.50 bits per heavy atom. The number of hydrogen-bond acceptors (Lipinski definition) is 4. The predicted octanol–water partition coefficient (Wildman–Crippen LogP) is 9.12. The Kier molecular flexibility index (Phi) is 5.10. The van der Waals surface area contributed by atoms with Crippen LogP contribution in [-0.4, -0.2) is 13.0 Å². The highest BCUT2D eigenvalue weighted by atomic mass is 32.2. The van der Waals surface area contributed by atoms with Crippen LogP contribution < -0.4 is 4.31 Å². The molecule has 0 saturated heterocycles. The predicted molar refractivity (Wildman–Crippen MR) is 182 cm³/mol. The summed E-state index contributed by atoms with van der Waals surface area (Å²) in [6.45, 7) is 0. The van der Waals surface area contributed by atoms with Crippen LogP contribution in [0.3, 0.4) is 0 Å². The first-order chi connectivity index (χ1) is 22.6. The summed E-state index contributed by atoms with van der Waals surface area (Å²) in [5, 5.41) is 3.39. The number of aromatic nitrogens is 1. The molecule has 0 N–H and O–H groups in total. The van der Waals surface area contributed by atoms with Gasteiger partial charge in [-0.25, -0.2) is 12.7 Å². The van der Waals surface area contributed by atoms with Gasteiger partial charge in [-0.3, -0.25) is 0 Å². The van der Waals surface area contributed by atoms with E-state index in [0.717, 1.165) is 68.3 Å². The Hall–Kier alpha value is -5.71. The molecule has 6 nitrogen and oxygen atoms in total. The molecule has 46 heavy (non-hydrogen) atoms. The zero-order chi connectivity index (χ0) is 30.6. The fourth-order valence-corrected chi connectivity index (χ4v) is 9.45. The number of aryl methyl sites for hydroxylation is 1. The average Bonchev–Trinajstić information content (AvgIpc) is 3.69. The fraction of sp³-hybridized carbons (Fsp3) is 0.0769. The SMILES string of the molecule is O=S1(=O)c2c(n(-c3cccc4oc5ccccc5c34)c3ccccc23)C2=C(CC#CC=C2)N1c1cccc2oc3c(c12)CCC=C3. The van der Waals surface area contributed by atoms with Crippen LogP contribution in [0.4, 0.5) is 5.69 Å². The molecule has 1 aliphatic heterocycles. The Balaban J connectivity index is 1.35. The van der Waals surface area contributed by atoms with E-state index in [2.05, 4.69) is 22.5 Å². The molecule has 7 aromatic rings. The van der Waals surface area contributed by atoms with Gasteiger partial charge in [0.2, 0.25) is 0 Å². The molecule has 3 aliphatic rings. The number of fused-ring (bicyclic) bond motifs is 10. The van der Waals surface area contributed by atoms with Gasteiger partial charge in [0.05, 0.1) is 40.1 Å². The van der Waals surface area contributed by atoms with Crippen molar-refractivity contribution in [1.29, 1.82) is 0 Å². The zero-order valence-electron chi connectivity index (χ0n) is 24.4. The van der Waals surface area contributed by atoms with Gasteiger partial charge >= 0.3 is 0 Å². The van der Waals surface area contributed by atoms with Gasteiger partial charge in [0.25, 0.3) is 10.0 Å². The summed E-state index contributed by atoms with van der Waals surface area (Å²) in [7, 11) is -4.14. The van der Waals surface area contributed by atoms with Crippen LogP contribution in [0.5, 0.6) is 0 Å². The normalized spacial score (nSPS) is 16.5. The average molecular weight is 617 g/mol. The molecule has 4 aromatic carbocycles. The lowest BCUT2D eigenvalue weighted by atomic mass is 9.99. The van der Waals surface area contributed by atoms with E-state index in [1.165, 1.54) is 4.31 Å². The third kappa shape index (κ3) is 3.29. The van der Waals surface area contributed by atoms with Crippen molar-refractivity contribution in [2.45, 2.75) is 24.2 Å². The standard InChI is InChI=1S/C39H24N2O4S/c42-46(43)39-25-13-4-7-16-28(25)40(30-18-10-22-34-36(30)26-14-5-8-20-32(26)44-34)38(39)24-12-2-1-3-17-29(24)41(46)31-19-11-23-35-37(31)27-15-6-9-21-33(27)45-35/h2,4-5,7-14,16,18-23H,6,15,17H2. The Morgan fingerprint density at radius 1 is 0.739 bits per heavy atom. The molecule has 0 bridgehead atoms. The maximum Gasteiger partial charge on any atom is 0.271 e. The summed E-state index contributed by atoms with van der Waals surface area (Å²) in [6.07, 6.45) is 9.79. The smallest absolute Gasteiger partial charge is 0.271 e. The summed E-state index contributed by atoms with van der Waals surface area (Å²) in [4.78, 5) is 0.271. The number of nitrogens with zero attached hydrogens (tertiary/aromatic N) is 2. The molecule has 2 aliphatic carbocycles. The lowest BCUT2D eigenvalue weighted by Gasteiger charge is -2.33. The topological polar surface area (TPSA) is 68.6 Å². The van der Waals surface area contributed by atoms with Crippen molar-refractivity contribution in [2.75, 3.05) is 4.31 Å². The minimum absolute atomic E-state index is 0.262. The lowest BCUT2D eigenvalue weighted by molar-refractivity contribution is 0.593. The van der Waals surface area contributed by atoms with E-state index in [0.29, 0.717) is 28.0 Å². The molecule has 0 saturated carbocycles. The molecule has 0 unspecified atom stereocenters. The quantitative estimate of drug-likeness (QED) is 0.182. The summed E-state index contributed by atoms with van der Waals surface area (Å²) in [5.41, 5.74) is 7.52. The first-order valence-corrected chi connectivity index (χ1v) is 16.7. The third-order valence-corrected chi connectivity index (χ3v) is 11.1. The minimum Gasteiger partial charge on any atom is -0.456 e. The fourth-order valence-electron chi connectivity index (χ4n) is 7.51. The maximum absolute atomic E-state index is 15.3. The summed E-state index contributed by atoms with van der Waals surface area (Å²) < 4.78 is 46.8. The number of hydrogen-bond donors (Lipinski definition) is 0. The highest BCUT2D eigenvalue weighted by molar-refractivity contribution is 7.93. The van der Waals surface area contributed by atoms with Gasteiger partial charge in [-0.05, 0) is 67.5 Å². The molecule has 7 heteroatoms. The van der Waals surface area contributed by atoms with E-state index in [1.807, 2.05) is 103 Å². The molecule has 0 fully saturated rings. The number of para-hydroxylation sites is 2. The number of rotatable bonds is 2. The van der Waals surface area contributed by atoms with E-state index in [9.17, 15) is 0 Å². The third-order valence-electron chi connectivity index (χ3n) is 9.32. The van der Waals surface area contributed by atoms with Crippen LogP contribution in [0.2, 0.25) is 0 Å². The molecule has 0 radical (unpaired) electrons. The van der Waals surface area contributed by atoms with Crippen LogP contribution in [-0.2, 0) is 16.4 Å². The Bertz CT molecular complexity index is 2760. The van der Waals surface area contributed by atoms with E-state index in [4.69, 9.17) is 8.83 Å². The van der Waals surface area contributed by atoms with Crippen molar-refractivity contribution in [3.05, 3.63) is 126 Å². The van der Waals surface area contributed by atoms with Gasteiger partial charge in [-0.1, -0.05) is 66.4 Å². The molecule has 0 amide bonds. The Labute approximate surface area is 264 Å². The van der Waals surface area contributed by atoms with Gasteiger partial charge < -0.3 is 13.4 Å². The number of allylic oxidation sites excluding steroid dienone is 5. The molecule has 220 valence electrons. The number of anilines is 1. The first kappa shape index (κ1) is 25.6. The van der Waals surface area contributed by atoms with Crippen LogP contribution in [0.15, 0.2) is 123 Å². The molecular weight excluding hydrogens is 593 g/mol. The van der Waals surface area contributed by atoms with Gasteiger partial charge in [-0.15, -0.1) is 0 Å². The van der Waals surface area contributed by atoms with Crippen LogP contribution in [0.25, 0.3) is 61.1 Å². The molecule has 4 heterocycles. The van der Waals surface area contributed by atoms with Gasteiger partial charge in [-0.2, -0.15) is 0 Å². The van der Waals surface area contributed by atoms with E-state index in [1.54, 1.807) is 0 Å². The molecular formula is C39H24N2O4S. The van der Waals surface area contributed by atoms with E-state index < -0.39 is 10.0 Å². The second-order valence-corrected chi connectivity index (χ2v) is 13.5. The highest BCUT2D eigenvalue weighted by Gasteiger charge is 2.43. The van der Waals surface area contributed by atoms with E-state index >= 15 is 8.42 Å². The van der Waals surface area contributed by atoms with Crippen molar-refractivity contribution in [3.63, 3.8) is 0 Å². The molecule has 0 atom stereocenters. The zero-order valence-corrected chi connectivity index (χ0v) is 25.3. The van der Waals surface area contributed by atoms with Gasteiger partial charge in [0.15, 0.2) is 0 Å². The van der Waals surface area contributed by atoms with Crippen molar-refractivity contribution in [1.82, 2.24) is 4.57 Å².